The number of aryl methyl sites for hydroxylation is 1. The highest BCUT2D eigenvalue weighted by molar-refractivity contribution is 5.69. The van der Waals surface area contributed by atoms with E-state index in [0.29, 0.717) is 19.5 Å². The van der Waals surface area contributed by atoms with Crippen LogP contribution in [0, 0.1) is 0 Å². The van der Waals surface area contributed by atoms with Crippen molar-refractivity contribution in [2.45, 2.75) is 72.1 Å². The first-order chi connectivity index (χ1) is 9.64. The predicted molar refractivity (Wildman–Crippen MR) is 80.1 cm³/mol. The minimum Gasteiger partial charge on any atom is -0.444 e. The van der Waals surface area contributed by atoms with Crippen molar-refractivity contribution in [1.82, 2.24) is 19.7 Å². The molecule has 1 aliphatic rings. The maximum Gasteiger partial charge on any atom is 0.410 e. The van der Waals surface area contributed by atoms with Gasteiger partial charge in [-0.25, -0.2) is 4.79 Å². The number of amides is 1. The van der Waals surface area contributed by atoms with E-state index in [9.17, 15) is 4.79 Å². The van der Waals surface area contributed by atoms with Gasteiger partial charge in [0.25, 0.3) is 0 Å². The Hall–Kier alpha value is -1.59. The number of ether oxygens (including phenoxy) is 1. The van der Waals surface area contributed by atoms with E-state index in [-0.39, 0.29) is 11.6 Å². The van der Waals surface area contributed by atoms with Crippen molar-refractivity contribution in [2.75, 3.05) is 6.54 Å². The molecule has 0 aromatic carbocycles. The lowest BCUT2D eigenvalue weighted by molar-refractivity contribution is 0.00406. The van der Waals surface area contributed by atoms with Gasteiger partial charge < -0.3 is 14.2 Å². The van der Waals surface area contributed by atoms with Crippen LogP contribution in [0.4, 0.5) is 4.79 Å². The fraction of sp³-hybridized carbons (Fsp3) is 0.800. The lowest BCUT2D eigenvalue weighted by Crippen LogP contribution is -2.50. The second-order valence-electron chi connectivity index (χ2n) is 7.16. The quantitative estimate of drug-likeness (QED) is 0.798. The van der Waals surface area contributed by atoms with Crippen LogP contribution >= 0.6 is 0 Å². The van der Waals surface area contributed by atoms with E-state index >= 15 is 0 Å². The Bertz CT molecular complexity index is 528. The molecule has 0 fully saturated rings. The van der Waals surface area contributed by atoms with Crippen LogP contribution in [0.5, 0.6) is 0 Å². The molecule has 0 unspecified atom stereocenters. The largest absolute Gasteiger partial charge is 0.444 e. The van der Waals surface area contributed by atoms with Gasteiger partial charge in [-0.3, -0.25) is 0 Å². The van der Waals surface area contributed by atoms with E-state index < -0.39 is 5.60 Å². The van der Waals surface area contributed by atoms with Crippen LogP contribution in [0.15, 0.2) is 0 Å². The lowest BCUT2D eigenvalue weighted by atomic mass is 9.98. The highest BCUT2D eigenvalue weighted by atomic mass is 16.6. The Kier molecular flexibility index (Phi) is 4.00. The molecule has 1 amide bonds. The van der Waals surface area contributed by atoms with Crippen LogP contribution in [0.25, 0.3) is 0 Å². The molecule has 0 radical (unpaired) electrons. The average molecular weight is 294 g/mol. The van der Waals surface area contributed by atoms with Crippen LogP contribution in [0.3, 0.4) is 0 Å². The highest BCUT2D eigenvalue weighted by Crippen LogP contribution is 2.26. The van der Waals surface area contributed by atoms with Gasteiger partial charge in [-0.1, -0.05) is 6.92 Å². The standard InChI is InChI=1S/C15H26N4O2/c1-7-11-16-17-12-10-15(5,6)19(9-8-18(11)12)13(20)21-14(2,3)4/h7-10H2,1-6H3. The van der Waals surface area contributed by atoms with Crippen LogP contribution in [0.2, 0.25) is 0 Å². The molecule has 0 spiro atoms. The van der Waals surface area contributed by atoms with Crippen molar-refractivity contribution < 1.29 is 9.53 Å². The molecule has 1 aromatic rings. The Morgan fingerprint density at radius 3 is 2.52 bits per heavy atom. The number of fused-ring (bicyclic) bond motifs is 1. The van der Waals surface area contributed by atoms with Crippen molar-refractivity contribution >= 4 is 6.09 Å². The summed E-state index contributed by atoms with van der Waals surface area (Å²) < 4.78 is 7.67. The minimum atomic E-state index is -0.483. The van der Waals surface area contributed by atoms with Crippen LogP contribution in [-0.4, -0.2) is 43.4 Å². The van der Waals surface area contributed by atoms with Crippen molar-refractivity contribution in [2.24, 2.45) is 0 Å². The maximum atomic E-state index is 12.5. The number of nitrogens with zero attached hydrogens (tertiary/aromatic N) is 4. The Morgan fingerprint density at radius 1 is 1.29 bits per heavy atom. The zero-order valence-corrected chi connectivity index (χ0v) is 13.9. The predicted octanol–water partition coefficient (Wildman–Crippen LogP) is 2.41. The SMILES string of the molecule is CCc1nnc2n1CCN(C(=O)OC(C)(C)C)C(C)(C)C2. The number of rotatable bonds is 1. The molecule has 118 valence electrons. The Balaban J connectivity index is 2.24. The molecular formula is C15H26N4O2. The number of carbonyl (C=O) groups excluding carboxylic acids is 1. The molecule has 0 atom stereocenters. The molecular weight excluding hydrogens is 268 g/mol. The third-order valence-corrected chi connectivity index (χ3v) is 3.70. The topological polar surface area (TPSA) is 60.2 Å². The van der Waals surface area contributed by atoms with Gasteiger partial charge in [-0.2, -0.15) is 0 Å². The number of aromatic nitrogens is 3. The fourth-order valence-corrected chi connectivity index (χ4v) is 2.66. The molecule has 1 aliphatic heterocycles. The molecule has 0 bridgehead atoms. The van der Waals surface area contributed by atoms with E-state index in [1.165, 1.54) is 0 Å². The van der Waals surface area contributed by atoms with E-state index in [1.54, 1.807) is 0 Å². The summed E-state index contributed by atoms with van der Waals surface area (Å²) in [6.45, 7) is 13.2. The van der Waals surface area contributed by atoms with E-state index in [4.69, 9.17) is 4.74 Å². The van der Waals surface area contributed by atoms with E-state index in [0.717, 1.165) is 18.1 Å². The summed E-state index contributed by atoms with van der Waals surface area (Å²) in [6, 6.07) is 0. The van der Waals surface area contributed by atoms with Gasteiger partial charge in [0, 0.05) is 31.5 Å². The summed E-state index contributed by atoms with van der Waals surface area (Å²) in [7, 11) is 0. The highest BCUT2D eigenvalue weighted by Gasteiger charge is 2.37. The van der Waals surface area contributed by atoms with Crippen LogP contribution in [-0.2, 0) is 24.1 Å². The van der Waals surface area contributed by atoms with E-state index in [1.807, 2.05) is 39.5 Å². The Labute approximate surface area is 126 Å². The van der Waals surface area contributed by atoms with Crippen molar-refractivity contribution in [3.63, 3.8) is 0 Å². The maximum absolute atomic E-state index is 12.5. The van der Waals surface area contributed by atoms with Crippen molar-refractivity contribution in [3.8, 4) is 0 Å². The van der Waals surface area contributed by atoms with Gasteiger partial charge in [0.05, 0.1) is 0 Å². The molecule has 2 heterocycles. The Morgan fingerprint density at radius 2 is 1.95 bits per heavy atom. The summed E-state index contributed by atoms with van der Waals surface area (Å²) in [5.41, 5.74) is -0.822. The molecule has 0 N–H and O–H groups in total. The second kappa shape index (κ2) is 5.31. The first-order valence-corrected chi connectivity index (χ1v) is 7.55. The molecule has 0 saturated carbocycles. The number of hydrogen-bond donors (Lipinski definition) is 0. The molecule has 0 saturated heterocycles. The number of carbonyl (C=O) groups is 1. The van der Waals surface area contributed by atoms with Gasteiger partial charge >= 0.3 is 6.09 Å². The van der Waals surface area contributed by atoms with Crippen molar-refractivity contribution in [1.29, 1.82) is 0 Å². The van der Waals surface area contributed by atoms with Gasteiger partial charge in [-0.05, 0) is 34.6 Å². The van der Waals surface area contributed by atoms with Crippen LogP contribution < -0.4 is 0 Å². The first kappa shape index (κ1) is 15.8. The van der Waals surface area contributed by atoms with Crippen LogP contribution in [0.1, 0.15) is 53.2 Å². The van der Waals surface area contributed by atoms with Gasteiger partial charge in [0.2, 0.25) is 0 Å². The fourth-order valence-electron chi connectivity index (χ4n) is 2.66. The average Bonchev–Trinajstić information content (AvgIpc) is 2.62. The summed E-state index contributed by atoms with van der Waals surface area (Å²) >= 11 is 0. The number of hydrogen-bond acceptors (Lipinski definition) is 4. The van der Waals surface area contributed by atoms with E-state index in [2.05, 4.69) is 21.7 Å². The second-order valence-corrected chi connectivity index (χ2v) is 7.16. The van der Waals surface area contributed by atoms with Gasteiger partial charge in [-0.15, -0.1) is 10.2 Å². The molecule has 1 aromatic heterocycles. The third-order valence-electron chi connectivity index (χ3n) is 3.70. The minimum absolute atomic E-state index is 0.260. The molecule has 6 heteroatoms. The van der Waals surface area contributed by atoms with Gasteiger partial charge in [0.15, 0.2) is 0 Å². The molecule has 21 heavy (non-hydrogen) atoms. The zero-order chi connectivity index (χ0) is 15.8. The molecule has 0 aliphatic carbocycles. The summed E-state index contributed by atoms with van der Waals surface area (Å²) in [5.74, 6) is 1.93. The summed E-state index contributed by atoms with van der Waals surface area (Å²) in [5, 5.41) is 8.52. The normalized spacial score (nSPS) is 18.1. The third kappa shape index (κ3) is 3.36. The first-order valence-electron chi connectivity index (χ1n) is 7.55. The summed E-state index contributed by atoms with van der Waals surface area (Å²) in [6.07, 6.45) is 1.27. The van der Waals surface area contributed by atoms with Gasteiger partial charge in [0.1, 0.15) is 17.2 Å². The molecule has 6 nitrogen and oxygen atoms in total. The summed E-state index contributed by atoms with van der Waals surface area (Å²) in [4.78, 5) is 14.3. The van der Waals surface area contributed by atoms with Crippen molar-refractivity contribution in [3.05, 3.63) is 11.6 Å². The monoisotopic (exact) mass is 294 g/mol. The smallest absolute Gasteiger partial charge is 0.410 e. The molecule has 2 rings (SSSR count). The zero-order valence-electron chi connectivity index (χ0n) is 13.9. The lowest BCUT2D eigenvalue weighted by Gasteiger charge is -2.37.